The van der Waals surface area contributed by atoms with Crippen molar-refractivity contribution in [2.45, 2.75) is 12.3 Å². The zero-order valence-corrected chi connectivity index (χ0v) is 18.5. The molecule has 1 aliphatic heterocycles. The predicted molar refractivity (Wildman–Crippen MR) is 124 cm³/mol. The number of pyridine rings is 3. The van der Waals surface area contributed by atoms with Crippen molar-refractivity contribution in [1.29, 1.82) is 0 Å². The van der Waals surface area contributed by atoms with E-state index in [2.05, 4.69) is 15.0 Å². The second kappa shape index (κ2) is 8.35. The maximum Gasteiger partial charge on any atom is 0.396 e. The van der Waals surface area contributed by atoms with Crippen LogP contribution in [0.2, 0.25) is 0 Å². The highest BCUT2D eigenvalue weighted by Gasteiger charge is 2.50. The summed E-state index contributed by atoms with van der Waals surface area (Å²) in [5.74, 6) is -2.24. The highest BCUT2D eigenvalue weighted by atomic mass is 19.4. The van der Waals surface area contributed by atoms with Gasteiger partial charge in [-0.15, -0.1) is 0 Å². The first-order chi connectivity index (χ1) is 16.7. The van der Waals surface area contributed by atoms with Crippen LogP contribution in [0.25, 0.3) is 33.1 Å². The second-order valence-corrected chi connectivity index (χ2v) is 8.37. The van der Waals surface area contributed by atoms with Gasteiger partial charge in [0, 0.05) is 43.4 Å². The summed E-state index contributed by atoms with van der Waals surface area (Å²) < 4.78 is 46.2. The van der Waals surface area contributed by atoms with Crippen LogP contribution < -0.4 is 16.1 Å². The number of ether oxygens (including phenoxy) is 1. The zero-order valence-electron chi connectivity index (χ0n) is 18.5. The number of aromatic nitrogens is 3. The number of hydrogen-bond acceptors (Lipinski definition) is 6. The molecule has 3 N–H and O–H groups in total. The third-order valence-corrected chi connectivity index (χ3v) is 6.26. The fraction of sp³-hybridized carbons (Fsp3) is 0.250. The smallest absolute Gasteiger partial charge is 0.379 e. The summed E-state index contributed by atoms with van der Waals surface area (Å²) in [5.41, 5.74) is 6.39. The van der Waals surface area contributed by atoms with E-state index in [1.807, 2.05) is 12.1 Å². The number of nitrogens with one attached hydrogen (secondary N) is 1. The number of halogens is 3. The summed E-state index contributed by atoms with van der Waals surface area (Å²) >= 11 is 0. The molecule has 1 amide bonds. The number of anilines is 1. The molecule has 2 atom stereocenters. The lowest BCUT2D eigenvalue weighted by Gasteiger charge is -2.22. The molecule has 35 heavy (non-hydrogen) atoms. The summed E-state index contributed by atoms with van der Waals surface area (Å²) in [4.78, 5) is 38.0. The normalized spacial score (nSPS) is 18.5. The first-order valence-corrected chi connectivity index (χ1v) is 10.7. The number of methoxy groups -OCH3 is 1. The van der Waals surface area contributed by atoms with Crippen molar-refractivity contribution >= 4 is 33.5 Å². The first-order valence-electron chi connectivity index (χ1n) is 10.7. The van der Waals surface area contributed by atoms with Crippen molar-refractivity contribution in [2.75, 3.05) is 25.1 Å². The van der Waals surface area contributed by atoms with Crippen LogP contribution in [0.15, 0.2) is 53.5 Å². The van der Waals surface area contributed by atoms with Crippen LogP contribution in [0.1, 0.15) is 10.5 Å². The number of primary amides is 1. The Hall–Kier alpha value is -3.99. The number of aromatic amines is 1. The van der Waals surface area contributed by atoms with Gasteiger partial charge >= 0.3 is 6.18 Å². The molecule has 8 nitrogen and oxygen atoms in total. The number of para-hydroxylation sites is 1. The Balaban J connectivity index is 1.71. The van der Waals surface area contributed by atoms with Crippen molar-refractivity contribution < 1.29 is 22.7 Å². The van der Waals surface area contributed by atoms with E-state index < -0.39 is 29.5 Å². The fourth-order valence-corrected chi connectivity index (χ4v) is 4.58. The predicted octanol–water partition coefficient (Wildman–Crippen LogP) is 3.25. The van der Waals surface area contributed by atoms with Crippen LogP contribution in [0.4, 0.5) is 19.0 Å². The topological polar surface area (TPSA) is 114 Å². The molecule has 180 valence electrons. The monoisotopic (exact) mass is 483 g/mol. The number of fused-ring (bicyclic) bond motifs is 2. The lowest BCUT2D eigenvalue weighted by molar-refractivity contribution is -0.191. The van der Waals surface area contributed by atoms with Crippen molar-refractivity contribution in [2.24, 2.45) is 11.7 Å². The van der Waals surface area contributed by atoms with Crippen LogP contribution in [0.3, 0.4) is 0 Å². The molecule has 0 radical (unpaired) electrons. The summed E-state index contributed by atoms with van der Waals surface area (Å²) in [7, 11) is 1.26. The van der Waals surface area contributed by atoms with Crippen LogP contribution >= 0.6 is 0 Å². The summed E-state index contributed by atoms with van der Waals surface area (Å²) in [5, 5.41) is 0.784. The number of carbonyl (C=O) groups is 1. The van der Waals surface area contributed by atoms with Crippen LogP contribution in [-0.2, 0) is 4.74 Å². The van der Waals surface area contributed by atoms with E-state index in [1.54, 1.807) is 18.2 Å². The SMILES string of the molecule is CO[C@@H]1CN(c2nc3ccccc3cc2-c2cc(=O)c3c(C(N)=O)nccc3[nH]2)C[C@H]1C(F)(F)F. The largest absolute Gasteiger partial charge is 0.396 e. The molecular formula is C24H20F3N5O3. The van der Waals surface area contributed by atoms with Gasteiger partial charge in [-0.25, -0.2) is 4.98 Å². The number of amides is 1. The molecule has 4 heterocycles. The number of nitrogens with two attached hydrogens (primary N) is 1. The van der Waals surface area contributed by atoms with E-state index in [-0.39, 0.29) is 30.0 Å². The van der Waals surface area contributed by atoms with E-state index in [1.165, 1.54) is 30.3 Å². The van der Waals surface area contributed by atoms with Crippen LogP contribution in [0, 0.1) is 5.92 Å². The lowest BCUT2D eigenvalue weighted by Crippen LogP contribution is -2.34. The molecule has 1 fully saturated rings. The number of rotatable bonds is 4. The molecule has 1 aliphatic rings. The minimum atomic E-state index is -4.44. The number of carbonyl (C=O) groups excluding carboxylic acids is 1. The molecule has 3 aromatic heterocycles. The molecule has 4 aromatic rings. The van der Waals surface area contributed by atoms with Gasteiger partial charge in [0.2, 0.25) is 0 Å². The molecule has 11 heteroatoms. The van der Waals surface area contributed by atoms with Gasteiger partial charge in [-0.1, -0.05) is 18.2 Å². The second-order valence-electron chi connectivity index (χ2n) is 8.37. The van der Waals surface area contributed by atoms with Gasteiger partial charge in [0.1, 0.15) is 17.4 Å². The van der Waals surface area contributed by atoms with Crippen molar-refractivity contribution in [3.8, 4) is 11.3 Å². The lowest BCUT2D eigenvalue weighted by atomic mass is 10.1. The average Bonchev–Trinajstić information content (AvgIpc) is 3.28. The number of hydrogen-bond donors (Lipinski definition) is 2. The molecule has 0 spiro atoms. The van der Waals surface area contributed by atoms with Crippen LogP contribution in [-0.4, -0.2) is 53.3 Å². The fourth-order valence-electron chi connectivity index (χ4n) is 4.58. The van der Waals surface area contributed by atoms with Gasteiger partial charge < -0.3 is 20.4 Å². The Morgan fingerprint density at radius 1 is 1.20 bits per heavy atom. The molecule has 0 aliphatic carbocycles. The minimum Gasteiger partial charge on any atom is -0.379 e. The Morgan fingerprint density at radius 2 is 1.97 bits per heavy atom. The summed E-state index contributed by atoms with van der Waals surface area (Å²) in [6.45, 7) is -0.361. The Labute approximate surface area is 196 Å². The number of alkyl halides is 3. The third-order valence-electron chi connectivity index (χ3n) is 6.26. The highest BCUT2D eigenvalue weighted by molar-refractivity contribution is 6.04. The number of nitrogens with zero attached hydrogens (tertiary/aromatic N) is 3. The quantitative estimate of drug-likeness (QED) is 0.461. The van der Waals surface area contributed by atoms with Gasteiger partial charge in [0.15, 0.2) is 5.43 Å². The van der Waals surface area contributed by atoms with E-state index in [4.69, 9.17) is 10.5 Å². The van der Waals surface area contributed by atoms with Crippen molar-refractivity contribution in [1.82, 2.24) is 15.0 Å². The van der Waals surface area contributed by atoms with Gasteiger partial charge in [0.25, 0.3) is 5.91 Å². The number of benzene rings is 1. The first kappa shape index (κ1) is 22.8. The maximum absolute atomic E-state index is 13.7. The Kier molecular flexibility index (Phi) is 5.43. The highest BCUT2D eigenvalue weighted by Crippen LogP contribution is 2.40. The van der Waals surface area contributed by atoms with Gasteiger partial charge in [0.05, 0.1) is 28.2 Å². The van der Waals surface area contributed by atoms with E-state index in [9.17, 15) is 22.8 Å². The molecule has 5 rings (SSSR count). The van der Waals surface area contributed by atoms with Crippen LogP contribution in [0.5, 0.6) is 0 Å². The molecule has 0 bridgehead atoms. The molecule has 0 saturated carbocycles. The van der Waals surface area contributed by atoms with E-state index >= 15 is 0 Å². The molecular weight excluding hydrogens is 463 g/mol. The Morgan fingerprint density at radius 3 is 2.66 bits per heavy atom. The average molecular weight is 483 g/mol. The van der Waals surface area contributed by atoms with E-state index in [0.717, 1.165) is 5.39 Å². The summed E-state index contributed by atoms with van der Waals surface area (Å²) in [6, 6.07) is 11.8. The van der Waals surface area contributed by atoms with Gasteiger partial charge in [-0.2, -0.15) is 13.2 Å². The third kappa shape index (κ3) is 3.97. The Bertz CT molecular complexity index is 1520. The minimum absolute atomic E-state index is 0.0213. The van der Waals surface area contributed by atoms with Crippen molar-refractivity contribution in [3.05, 3.63) is 64.6 Å². The van der Waals surface area contributed by atoms with Gasteiger partial charge in [-0.05, 0) is 18.2 Å². The molecule has 0 unspecified atom stereocenters. The molecule has 1 saturated heterocycles. The van der Waals surface area contributed by atoms with Gasteiger partial charge in [-0.3, -0.25) is 14.6 Å². The standard InChI is InChI=1S/C24H20F3N5O3/c1-35-19-11-32(10-14(19)24(25,26)27)23-13(8-12-4-2-3-5-15(12)31-23)17-9-18(33)20-16(30-17)6-7-29-21(20)22(28)34/h2-9,14,19H,10-11H2,1H3,(H2,28,34)(H,30,33)/t14-,19-/m1/s1. The van der Waals surface area contributed by atoms with Crippen molar-refractivity contribution in [3.63, 3.8) is 0 Å². The zero-order chi connectivity index (χ0) is 24.9. The maximum atomic E-state index is 13.7. The summed E-state index contributed by atoms with van der Waals surface area (Å²) in [6.07, 6.45) is -4.16. The van der Waals surface area contributed by atoms with E-state index in [0.29, 0.717) is 22.3 Å². The molecule has 1 aromatic carbocycles. The number of H-pyrrole nitrogens is 1.